The molecular formula is C19H25N3O6S2. The van der Waals surface area contributed by atoms with Crippen LogP contribution in [0.15, 0.2) is 52.0 Å². The Bertz CT molecular complexity index is 1080. The van der Waals surface area contributed by atoms with Gasteiger partial charge in [0.05, 0.1) is 35.8 Å². The van der Waals surface area contributed by atoms with Crippen molar-refractivity contribution in [2.75, 3.05) is 18.1 Å². The second kappa shape index (κ2) is 8.88. The topological polar surface area (TPSA) is 140 Å². The van der Waals surface area contributed by atoms with Crippen LogP contribution in [0, 0.1) is 0 Å². The Morgan fingerprint density at radius 2 is 2.00 bits per heavy atom. The Labute approximate surface area is 176 Å². The van der Waals surface area contributed by atoms with Gasteiger partial charge in [-0.2, -0.15) is 0 Å². The summed E-state index contributed by atoms with van der Waals surface area (Å²) >= 11 is 0. The largest absolute Gasteiger partial charge is 0.467 e. The van der Waals surface area contributed by atoms with Crippen LogP contribution in [-0.4, -0.2) is 51.7 Å². The molecular weight excluding hydrogens is 430 g/mol. The van der Waals surface area contributed by atoms with Crippen molar-refractivity contribution in [1.29, 1.82) is 0 Å². The zero-order chi connectivity index (χ0) is 21.9. The number of nitrogens with two attached hydrogens (primary N) is 1. The summed E-state index contributed by atoms with van der Waals surface area (Å²) in [6.07, 6.45) is 1.91. The van der Waals surface area contributed by atoms with E-state index < -0.39 is 25.9 Å². The van der Waals surface area contributed by atoms with Gasteiger partial charge in [0, 0.05) is 12.1 Å². The maximum atomic E-state index is 12.9. The fraction of sp³-hybridized carbons (Fsp3) is 0.421. The van der Waals surface area contributed by atoms with Crippen molar-refractivity contribution in [3.8, 4) is 0 Å². The van der Waals surface area contributed by atoms with Gasteiger partial charge in [-0.25, -0.2) is 22.0 Å². The number of carbonyl (C=O) groups excluding carboxylic acids is 1. The second-order valence-electron chi connectivity index (χ2n) is 7.37. The molecule has 1 aliphatic heterocycles. The Balaban J connectivity index is 1.66. The minimum atomic E-state index is -3.77. The van der Waals surface area contributed by atoms with E-state index in [4.69, 9.17) is 9.56 Å². The zero-order valence-corrected chi connectivity index (χ0v) is 18.2. The van der Waals surface area contributed by atoms with E-state index in [9.17, 15) is 21.6 Å². The summed E-state index contributed by atoms with van der Waals surface area (Å²) in [6.45, 7) is 2.04. The number of nitrogens with zero attached hydrogens (tertiary/aromatic N) is 1. The molecule has 1 amide bonds. The third-order valence-corrected chi connectivity index (χ3v) is 7.82. The van der Waals surface area contributed by atoms with E-state index in [1.165, 1.54) is 18.4 Å². The van der Waals surface area contributed by atoms with Gasteiger partial charge in [0.15, 0.2) is 9.84 Å². The van der Waals surface area contributed by atoms with Crippen molar-refractivity contribution in [3.63, 3.8) is 0 Å². The Morgan fingerprint density at radius 3 is 2.53 bits per heavy atom. The van der Waals surface area contributed by atoms with Crippen LogP contribution in [0.1, 0.15) is 30.7 Å². The third-order valence-electron chi connectivity index (χ3n) is 5.14. The number of nitrogens with one attached hydrogen (secondary N) is 1. The summed E-state index contributed by atoms with van der Waals surface area (Å²) < 4.78 is 51.9. The SMILES string of the molecule is C[C@@H](NCC(=O)N(Cc1ccco1)[C@H]1CCS(=O)(=O)C1)c1ccc(S(N)(=O)=O)cc1. The van der Waals surface area contributed by atoms with E-state index in [-0.39, 0.29) is 41.4 Å². The predicted octanol–water partition coefficient (Wildman–Crippen LogP) is 0.794. The van der Waals surface area contributed by atoms with Crippen LogP contribution in [0.4, 0.5) is 0 Å². The highest BCUT2D eigenvalue weighted by Crippen LogP contribution is 2.21. The first kappa shape index (κ1) is 22.5. The smallest absolute Gasteiger partial charge is 0.238 e. The van der Waals surface area contributed by atoms with Crippen molar-refractivity contribution < 1.29 is 26.0 Å². The molecule has 2 heterocycles. The van der Waals surface area contributed by atoms with E-state index in [2.05, 4.69) is 5.32 Å². The normalized spacial score (nSPS) is 19.5. The molecule has 3 rings (SSSR count). The quantitative estimate of drug-likeness (QED) is 0.600. The number of rotatable bonds is 8. The third kappa shape index (κ3) is 5.69. The maximum absolute atomic E-state index is 12.9. The molecule has 0 spiro atoms. The monoisotopic (exact) mass is 455 g/mol. The van der Waals surface area contributed by atoms with E-state index in [1.807, 2.05) is 6.92 Å². The summed E-state index contributed by atoms with van der Waals surface area (Å²) in [7, 11) is -6.91. The lowest BCUT2D eigenvalue weighted by Gasteiger charge is -2.28. The molecule has 0 bridgehead atoms. The average molecular weight is 456 g/mol. The zero-order valence-electron chi connectivity index (χ0n) is 16.5. The highest BCUT2D eigenvalue weighted by molar-refractivity contribution is 7.91. The highest BCUT2D eigenvalue weighted by atomic mass is 32.2. The lowest BCUT2D eigenvalue weighted by Crippen LogP contribution is -2.45. The molecule has 0 aliphatic carbocycles. The molecule has 30 heavy (non-hydrogen) atoms. The van der Waals surface area contributed by atoms with Gasteiger partial charge in [0.1, 0.15) is 5.76 Å². The molecule has 0 unspecified atom stereocenters. The second-order valence-corrected chi connectivity index (χ2v) is 11.2. The van der Waals surface area contributed by atoms with Gasteiger partial charge in [-0.3, -0.25) is 4.79 Å². The lowest BCUT2D eigenvalue weighted by molar-refractivity contribution is -0.133. The number of hydrogen-bond donors (Lipinski definition) is 2. The van der Waals surface area contributed by atoms with E-state index in [0.29, 0.717) is 12.2 Å². The van der Waals surface area contributed by atoms with Crippen LogP contribution in [0.25, 0.3) is 0 Å². The maximum Gasteiger partial charge on any atom is 0.238 e. The first-order valence-electron chi connectivity index (χ1n) is 9.43. The van der Waals surface area contributed by atoms with E-state index in [0.717, 1.165) is 5.56 Å². The molecule has 2 atom stereocenters. The van der Waals surface area contributed by atoms with Gasteiger partial charge < -0.3 is 14.6 Å². The molecule has 1 fully saturated rings. The van der Waals surface area contributed by atoms with Gasteiger partial charge in [-0.15, -0.1) is 0 Å². The average Bonchev–Trinajstić information content (AvgIpc) is 3.32. The van der Waals surface area contributed by atoms with E-state index >= 15 is 0 Å². The first-order valence-corrected chi connectivity index (χ1v) is 12.8. The number of carbonyl (C=O) groups is 1. The van der Waals surface area contributed by atoms with Crippen molar-refractivity contribution in [2.45, 2.75) is 36.9 Å². The summed E-state index contributed by atoms with van der Waals surface area (Å²) in [5.74, 6) is 0.366. The van der Waals surface area contributed by atoms with Gasteiger partial charge >= 0.3 is 0 Å². The number of amides is 1. The van der Waals surface area contributed by atoms with Crippen molar-refractivity contribution in [3.05, 3.63) is 54.0 Å². The number of primary sulfonamides is 1. The lowest BCUT2D eigenvalue weighted by atomic mass is 10.1. The molecule has 1 saturated heterocycles. The Morgan fingerprint density at radius 1 is 1.30 bits per heavy atom. The molecule has 1 aromatic carbocycles. The molecule has 0 saturated carbocycles. The van der Waals surface area contributed by atoms with Crippen molar-refractivity contribution in [2.24, 2.45) is 5.14 Å². The number of sulfone groups is 1. The van der Waals surface area contributed by atoms with Gasteiger partial charge in [0.25, 0.3) is 0 Å². The molecule has 9 nitrogen and oxygen atoms in total. The van der Waals surface area contributed by atoms with Crippen LogP contribution in [0.2, 0.25) is 0 Å². The molecule has 1 aromatic heterocycles. The van der Waals surface area contributed by atoms with Gasteiger partial charge in [0.2, 0.25) is 15.9 Å². The first-order chi connectivity index (χ1) is 14.0. The number of benzene rings is 1. The minimum Gasteiger partial charge on any atom is -0.467 e. The summed E-state index contributed by atoms with van der Waals surface area (Å²) in [4.78, 5) is 14.5. The molecule has 0 radical (unpaired) electrons. The van der Waals surface area contributed by atoms with Crippen LogP contribution < -0.4 is 10.5 Å². The fourth-order valence-electron chi connectivity index (χ4n) is 3.42. The van der Waals surface area contributed by atoms with Crippen molar-refractivity contribution in [1.82, 2.24) is 10.2 Å². The van der Waals surface area contributed by atoms with Gasteiger partial charge in [-0.1, -0.05) is 12.1 Å². The Hall–Kier alpha value is -2.21. The number of hydrogen-bond acceptors (Lipinski definition) is 7. The van der Waals surface area contributed by atoms with Crippen LogP contribution >= 0.6 is 0 Å². The minimum absolute atomic E-state index is 0.00460. The van der Waals surface area contributed by atoms with Gasteiger partial charge in [-0.05, 0) is 43.2 Å². The van der Waals surface area contributed by atoms with Crippen LogP contribution in [0.5, 0.6) is 0 Å². The molecule has 2 aromatic rings. The highest BCUT2D eigenvalue weighted by Gasteiger charge is 2.35. The van der Waals surface area contributed by atoms with Crippen molar-refractivity contribution >= 4 is 25.8 Å². The molecule has 1 aliphatic rings. The fourth-order valence-corrected chi connectivity index (χ4v) is 5.66. The summed E-state index contributed by atoms with van der Waals surface area (Å²) in [6, 6.07) is 8.92. The molecule has 11 heteroatoms. The number of furan rings is 1. The molecule has 164 valence electrons. The van der Waals surface area contributed by atoms with Crippen LogP contribution in [0.3, 0.4) is 0 Å². The molecule has 3 N–H and O–H groups in total. The summed E-state index contributed by atoms with van der Waals surface area (Å²) in [5, 5.41) is 8.21. The van der Waals surface area contributed by atoms with E-state index in [1.54, 1.807) is 29.2 Å². The summed E-state index contributed by atoms with van der Waals surface area (Å²) in [5.41, 5.74) is 0.788. The predicted molar refractivity (Wildman–Crippen MR) is 111 cm³/mol. The standard InChI is InChI=1S/C19H25N3O6S2/c1-14(15-4-6-18(7-5-15)30(20,26)27)21-11-19(23)22(12-17-3-2-9-28-17)16-8-10-29(24,25)13-16/h2-7,9,14,16,21H,8,10-13H2,1H3,(H2,20,26,27)/t14-,16+/m1/s1. The Kier molecular flexibility index (Phi) is 6.65. The number of sulfonamides is 1. The van der Waals surface area contributed by atoms with Crippen LogP contribution in [-0.2, 0) is 31.2 Å².